The first-order chi connectivity index (χ1) is 19.8. The number of rotatable bonds is 5. The summed E-state index contributed by atoms with van der Waals surface area (Å²) < 4.78 is 31.9. The molecule has 2 aromatic carbocycles. The molecule has 0 spiro atoms. The van der Waals surface area contributed by atoms with Crippen LogP contribution in [0.3, 0.4) is 0 Å². The molecule has 2 aliphatic heterocycles. The summed E-state index contributed by atoms with van der Waals surface area (Å²) in [7, 11) is 1.51. The van der Waals surface area contributed by atoms with Crippen molar-refractivity contribution < 1.29 is 33.0 Å². The molecule has 0 aliphatic carbocycles. The van der Waals surface area contributed by atoms with Gasteiger partial charge in [-0.05, 0) is 61.6 Å². The normalized spacial score (nSPS) is 20.0. The Labute approximate surface area is 240 Å². The number of nitrogens with zero attached hydrogens (tertiary/aromatic N) is 1. The maximum atomic E-state index is 14.5. The maximum absolute atomic E-state index is 14.5. The molecule has 1 saturated heterocycles. The lowest BCUT2D eigenvalue weighted by Crippen LogP contribution is -2.58. The minimum absolute atomic E-state index is 0.0169. The molecule has 4 bridgehead atoms. The van der Waals surface area contributed by atoms with Gasteiger partial charge in [0.25, 0.3) is 5.91 Å². The largest absolute Gasteiger partial charge is 0.493 e. The van der Waals surface area contributed by atoms with E-state index in [2.05, 4.69) is 10.6 Å². The smallest absolute Gasteiger partial charge is 0.258 e. The van der Waals surface area contributed by atoms with Gasteiger partial charge < -0.3 is 29.7 Å². The number of nitrogens with one attached hydrogen (secondary N) is 2. The van der Waals surface area contributed by atoms with Gasteiger partial charge in [-0.25, -0.2) is 4.39 Å². The van der Waals surface area contributed by atoms with Crippen molar-refractivity contribution in [3.05, 3.63) is 65.5 Å². The van der Waals surface area contributed by atoms with Crippen LogP contribution in [0.15, 0.2) is 48.6 Å². The first kappa shape index (κ1) is 29.9. The highest BCUT2D eigenvalue weighted by Crippen LogP contribution is 2.29. The molecule has 2 aliphatic rings. The van der Waals surface area contributed by atoms with Crippen LogP contribution < -0.4 is 24.8 Å². The molecule has 0 saturated carbocycles. The van der Waals surface area contributed by atoms with Crippen LogP contribution in [-0.4, -0.2) is 61.6 Å². The van der Waals surface area contributed by atoms with Crippen LogP contribution in [0.1, 0.15) is 50.2 Å². The third-order valence-corrected chi connectivity index (χ3v) is 7.18. The fourth-order valence-corrected chi connectivity index (χ4v) is 5.03. The summed E-state index contributed by atoms with van der Waals surface area (Å²) in [6.07, 6.45) is 6.58. The number of methoxy groups -OCH3 is 1. The van der Waals surface area contributed by atoms with Gasteiger partial charge in [-0.1, -0.05) is 18.2 Å². The van der Waals surface area contributed by atoms with Gasteiger partial charge in [0.2, 0.25) is 11.8 Å². The van der Waals surface area contributed by atoms with E-state index in [1.165, 1.54) is 19.2 Å². The van der Waals surface area contributed by atoms with E-state index in [1.54, 1.807) is 23.1 Å². The van der Waals surface area contributed by atoms with E-state index in [4.69, 9.17) is 14.2 Å². The third-order valence-electron chi connectivity index (χ3n) is 7.18. The first-order valence-corrected chi connectivity index (χ1v) is 14.1. The number of halogens is 1. The number of carbonyl (C=O) groups excluding carboxylic acids is 3. The molecule has 1 fully saturated rings. The molecule has 220 valence electrons. The predicted molar refractivity (Wildman–Crippen MR) is 151 cm³/mol. The van der Waals surface area contributed by atoms with E-state index in [0.29, 0.717) is 48.6 Å². The number of aryl methyl sites for hydroxylation is 1. The Morgan fingerprint density at radius 1 is 1.15 bits per heavy atom. The highest BCUT2D eigenvalue weighted by atomic mass is 19.1. The van der Waals surface area contributed by atoms with Crippen molar-refractivity contribution in [1.29, 1.82) is 0 Å². The van der Waals surface area contributed by atoms with Crippen molar-refractivity contribution in [2.75, 3.05) is 26.8 Å². The number of hydrogen-bond donors (Lipinski definition) is 2. The van der Waals surface area contributed by atoms with Crippen LogP contribution >= 0.6 is 0 Å². The number of hydrogen-bond acceptors (Lipinski definition) is 6. The predicted octanol–water partition coefficient (Wildman–Crippen LogP) is 3.69. The van der Waals surface area contributed by atoms with Crippen LogP contribution in [0.2, 0.25) is 0 Å². The topological polar surface area (TPSA) is 106 Å². The second kappa shape index (κ2) is 14.5. The van der Waals surface area contributed by atoms with Gasteiger partial charge >= 0.3 is 0 Å². The molecular weight excluding hydrogens is 529 g/mol. The first-order valence-electron chi connectivity index (χ1n) is 14.1. The van der Waals surface area contributed by atoms with Gasteiger partial charge in [-0.3, -0.25) is 14.4 Å². The average molecular weight is 568 g/mol. The molecule has 9 nitrogen and oxygen atoms in total. The molecular formula is C31H38FN3O6. The number of benzene rings is 2. The summed E-state index contributed by atoms with van der Waals surface area (Å²) in [5, 5.41) is 5.81. The van der Waals surface area contributed by atoms with E-state index in [0.717, 1.165) is 18.4 Å². The molecule has 0 radical (unpaired) electrons. The standard InChI is InChI=1S/C31H38FN3O6/c1-3-4-5-6-7-31(38)35-13-12-26-25(19-35)34-30(37)20-40-28-16-21(8-10-27(28)39-2)9-11-29(36)33-18-22-14-23(32)17-24(15-22)41-26/h3-4,8,10,14-17,25-26H,5-7,9,11-13,18-20H2,1-2H3,(H,33,36)(H,34,37)/b4-3+/t25-,26-/m1/s1. The quantitative estimate of drug-likeness (QED) is 0.422. The van der Waals surface area contributed by atoms with Crippen LogP contribution in [0, 0.1) is 5.82 Å². The lowest BCUT2D eigenvalue weighted by atomic mass is 10.0. The molecule has 2 N–H and O–H groups in total. The number of fused-ring (bicyclic) bond motifs is 5. The summed E-state index contributed by atoms with van der Waals surface area (Å²) >= 11 is 0. The lowest BCUT2D eigenvalue weighted by molar-refractivity contribution is -0.135. The molecule has 0 aromatic heterocycles. The number of piperidine rings is 1. The zero-order valence-electron chi connectivity index (χ0n) is 23.6. The van der Waals surface area contributed by atoms with Crippen LogP contribution in [0.25, 0.3) is 0 Å². The Morgan fingerprint density at radius 3 is 2.80 bits per heavy atom. The minimum Gasteiger partial charge on any atom is -0.493 e. The molecule has 10 heteroatoms. The number of carbonyl (C=O) groups is 3. The van der Waals surface area contributed by atoms with E-state index < -0.39 is 18.0 Å². The average Bonchev–Trinajstić information content (AvgIpc) is 2.96. The van der Waals surface area contributed by atoms with Gasteiger partial charge in [0.05, 0.1) is 13.2 Å². The Morgan fingerprint density at radius 2 is 2.00 bits per heavy atom. The fourth-order valence-electron chi connectivity index (χ4n) is 5.03. The van der Waals surface area contributed by atoms with Crippen LogP contribution in [0.4, 0.5) is 4.39 Å². The zero-order valence-corrected chi connectivity index (χ0v) is 23.6. The number of ether oxygens (including phenoxy) is 3. The molecule has 2 heterocycles. The molecule has 2 atom stereocenters. The number of allylic oxidation sites excluding steroid dienone is 2. The van der Waals surface area contributed by atoms with Crippen molar-refractivity contribution in [3.63, 3.8) is 0 Å². The van der Waals surface area contributed by atoms with Crippen molar-refractivity contribution in [2.24, 2.45) is 0 Å². The summed E-state index contributed by atoms with van der Waals surface area (Å²) in [6.45, 7) is 2.52. The Kier molecular flexibility index (Phi) is 10.6. The lowest BCUT2D eigenvalue weighted by Gasteiger charge is -2.39. The van der Waals surface area contributed by atoms with Gasteiger partial charge in [0.1, 0.15) is 17.7 Å². The summed E-state index contributed by atoms with van der Waals surface area (Å²) in [5.41, 5.74) is 1.40. The van der Waals surface area contributed by atoms with Gasteiger partial charge in [0, 0.05) is 45.0 Å². The number of amides is 3. The van der Waals surface area contributed by atoms with Crippen molar-refractivity contribution >= 4 is 17.7 Å². The third kappa shape index (κ3) is 8.70. The zero-order chi connectivity index (χ0) is 29.2. The van der Waals surface area contributed by atoms with Crippen molar-refractivity contribution in [1.82, 2.24) is 15.5 Å². The van der Waals surface area contributed by atoms with E-state index in [9.17, 15) is 18.8 Å². The molecule has 41 heavy (non-hydrogen) atoms. The molecule has 0 unspecified atom stereocenters. The van der Waals surface area contributed by atoms with E-state index in [-0.39, 0.29) is 43.8 Å². The Bertz CT molecular complexity index is 1270. The molecule has 3 amide bonds. The summed E-state index contributed by atoms with van der Waals surface area (Å²) in [5.74, 6) is 0.104. The highest BCUT2D eigenvalue weighted by molar-refractivity contribution is 5.79. The minimum atomic E-state index is -0.544. The fraction of sp³-hybridized carbons (Fsp3) is 0.452. The SMILES string of the molecule is C/C=C/CCCC(=O)N1CC[C@H]2Oc3cc(F)cc(c3)CNC(=O)CCc3ccc(OC)c(c3)OCC(=O)N[C@@H]2C1. The van der Waals surface area contributed by atoms with Gasteiger partial charge in [0.15, 0.2) is 18.1 Å². The molecule has 4 rings (SSSR count). The Hall–Kier alpha value is -4.08. The van der Waals surface area contributed by atoms with E-state index >= 15 is 0 Å². The summed E-state index contributed by atoms with van der Waals surface area (Å²) in [6, 6.07) is 9.10. The summed E-state index contributed by atoms with van der Waals surface area (Å²) in [4.78, 5) is 40.2. The van der Waals surface area contributed by atoms with Crippen molar-refractivity contribution in [3.8, 4) is 17.2 Å². The van der Waals surface area contributed by atoms with Gasteiger partial charge in [-0.15, -0.1) is 0 Å². The van der Waals surface area contributed by atoms with Crippen LogP contribution in [0.5, 0.6) is 17.2 Å². The van der Waals surface area contributed by atoms with Crippen molar-refractivity contribution in [2.45, 2.75) is 64.1 Å². The van der Waals surface area contributed by atoms with Crippen LogP contribution in [-0.2, 0) is 27.3 Å². The number of likely N-dealkylation sites (tertiary alicyclic amines) is 1. The second-order valence-electron chi connectivity index (χ2n) is 10.3. The molecule has 2 aromatic rings. The van der Waals surface area contributed by atoms with Gasteiger partial charge in [-0.2, -0.15) is 0 Å². The highest BCUT2D eigenvalue weighted by Gasteiger charge is 2.34. The Balaban J connectivity index is 1.56. The van der Waals surface area contributed by atoms with E-state index in [1.807, 2.05) is 25.1 Å². The maximum Gasteiger partial charge on any atom is 0.258 e. The second-order valence-corrected chi connectivity index (χ2v) is 10.3. The number of unbranched alkanes of at least 4 members (excludes halogenated alkanes) is 1. The monoisotopic (exact) mass is 567 g/mol.